The maximum absolute atomic E-state index is 4.19. The molecule has 16 heavy (non-hydrogen) atoms. The topological polar surface area (TPSA) is 28.2 Å². The van der Waals surface area contributed by atoms with E-state index in [0.717, 1.165) is 19.0 Å². The monoisotopic (exact) mass is 219 g/mol. The van der Waals surface area contributed by atoms with E-state index in [1.807, 2.05) is 12.4 Å². The van der Waals surface area contributed by atoms with Crippen LogP contribution in [0.4, 0.5) is 5.69 Å². The molecule has 3 heteroatoms. The van der Waals surface area contributed by atoms with Gasteiger partial charge in [-0.2, -0.15) is 0 Å². The Labute approximate surface area is 97.9 Å². The highest BCUT2D eigenvalue weighted by atomic mass is 15.1. The predicted octanol–water partition coefficient (Wildman–Crippen LogP) is 2.04. The summed E-state index contributed by atoms with van der Waals surface area (Å²) in [5.74, 6) is 1.01. The number of aromatic nitrogens is 1. The number of pyridine rings is 1. The van der Waals surface area contributed by atoms with Crippen LogP contribution in [-0.4, -0.2) is 25.6 Å². The number of nitrogens with zero attached hydrogens (tertiary/aromatic N) is 2. The molecule has 1 heterocycles. The normalized spacial score (nSPS) is 15.1. The summed E-state index contributed by atoms with van der Waals surface area (Å²) in [5, 5.41) is 3.50. The zero-order valence-corrected chi connectivity index (χ0v) is 10.2. The standard InChI is InChI=1S/C13H21N3/c1-16(2)13-6-8-15-10-12(13)9-14-7-5-11-3-4-11/h6,8,10-11,14H,3-5,7,9H2,1-2H3. The maximum atomic E-state index is 4.19. The van der Waals surface area contributed by atoms with Gasteiger partial charge in [0, 0.05) is 44.3 Å². The predicted molar refractivity (Wildman–Crippen MR) is 67.6 cm³/mol. The molecule has 1 fully saturated rings. The van der Waals surface area contributed by atoms with Crippen molar-refractivity contribution in [3.8, 4) is 0 Å². The Morgan fingerprint density at radius 3 is 2.94 bits per heavy atom. The summed E-state index contributed by atoms with van der Waals surface area (Å²) in [6.45, 7) is 2.06. The fourth-order valence-corrected chi connectivity index (χ4v) is 1.93. The number of hydrogen-bond acceptors (Lipinski definition) is 3. The van der Waals surface area contributed by atoms with Crippen molar-refractivity contribution in [1.29, 1.82) is 0 Å². The van der Waals surface area contributed by atoms with E-state index in [9.17, 15) is 0 Å². The summed E-state index contributed by atoms with van der Waals surface area (Å²) in [6.07, 6.45) is 8.02. The molecule has 1 aromatic heterocycles. The minimum absolute atomic E-state index is 0.925. The van der Waals surface area contributed by atoms with Gasteiger partial charge in [0.2, 0.25) is 0 Å². The first kappa shape index (κ1) is 11.4. The first-order chi connectivity index (χ1) is 7.77. The number of nitrogens with one attached hydrogen (secondary N) is 1. The summed E-state index contributed by atoms with van der Waals surface area (Å²) >= 11 is 0. The van der Waals surface area contributed by atoms with Crippen LogP contribution in [0.5, 0.6) is 0 Å². The lowest BCUT2D eigenvalue weighted by Gasteiger charge is -2.17. The van der Waals surface area contributed by atoms with Crippen LogP contribution in [0.2, 0.25) is 0 Å². The van der Waals surface area contributed by atoms with Crippen LogP contribution >= 0.6 is 0 Å². The van der Waals surface area contributed by atoms with Crippen LogP contribution in [0.3, 0.4) is 0 Å². The van der Waals surface area contributed by atoms with Gasteiger partial charge >= 0.3 is 0 Å². The molecular weight excluding hydrogens is 198 g/mol. The highest BCUT2D eigenvalue weighted by Gasteiger charge is 2.19. The van der Waals surface area contributed by atoms with E-state index < -0.39 is 0 Å². The van der Waals surface area contributed by atoms with Crippen LogP contribution in [0.1, 0.15) is 24.8 Å². The highest BCUT2D eigenvalue weighted by molar-refractivity contribution is 5.50. The molecule has 0 aliphatic heterocycles. The van der Waals surface area contributed by atoms with Crippen molar-refractivity contribution >= 4 is 5.69 Å². The molecule has 88 valence electrons. The van der Waals surface area contributed by atoms with Gasteiger partial charge < -0.3 is 10.2 Å². The molecule has 1 aliphatic rings. The van der Waals surface area contributed by atoms with Gasteiger partial charge in [-0.3, -0.25) is 4.98 Å². The van der Waals surface area contributed by atoms with E-state index in [-0.39, 0.29) is 0 Å². The average Bonchev–Trinajstić information content (AvgIpc) is 3.08. The lowest BCUT2D eigenvalue weighted by Crippen LogP contribution is -2.18. The van der Waals surface area contributed by atoms with E-state index in [4.69, 9.17) is 0 Å². The van der Waals surface area contributed by atoms with Gasteiger partial charge in [0.25, 0.3) is 0 Å². The lowest BCUT2D eigenvalue weighted by atomic mass is 10.2. The molecule has 0 spiro atoms. The number of anilines is 1. The Hall–Kier alpha value is -1.09. The molecule has 0 radical (unpaired) electrons. The van der Waals surface area contributed by atoms with Crippen LogP contribution in [-0.2, 0) is 6.54 Å². The Balaban J connectivity index is 1.82. The minimum Gasteiger partial charge on any atom is -0.377 e. The summed E-state index contributed by atoms with van der Waals surface area (Å²) in [4.78, 5) is 6.33. The minimum atomic E-state index is 0.925. The summed E-state index contributed by atoms with van der Waals surface area (Å²) in [5.41, 5.74) is 2.54. The molecule has 0 bridgehead atoms. The van der Waals surface area contributed by atoms with Crippen molar-refractivity contribution < 1.29 is 0 Å². The van der Waals surface area contributed by atoms with Crippen LogP contribution < -0.4 is 10.2 Å². The molecule has 0 saturated heterocycles. The van der Waals surface area contributed by atoms with Crippen molar-refractivity contribution in [2.24, 2.45) is 5.92 Å². The second kappa shape index (κ2) is 5.30. The van der Waals surface area contributed by atoms with Crippen LogP contribution in [0.15, 0.2) is 18.5 Å². The van der Waals surface area contributed by atoms with Crippen LogP contribution in [0.25, 0.3) is 0 Å². The fraction of sp³-hybridized carbons (Fsp3) is 0.615. The summed E-state index contributed by atoms with van der Waals surface area (Å²) in [7, 11) is 4.14. The average molecular weight is 219 g/mol. The van der Waals surface area contributed by atoms with E-state index >= 15 is 0 Å². The second-order valence-electron chi connectivity index (χ2n) is 4.81. The molecule has 0 amide bonds. The van der Waals surface area contributed by atoms with Crippen molar-refractivity contribution in [3.05, 3.63) is 24.0 Å². The molecular formula is C13H21N3. The van der Waals surface area contributed by atoms with Gasteiger partial charge in [-0.05, 0) is 24.9 Å². The first-order valence-electron chi connectivity index (χ1n) is 6.08. The van der Waals surface area contributed by atoms with E-state index in [1.165, 1.54) is 30.5 Å². The summed E-state index contributed by atoms with van der Waals surface area (Å²) < 4.78 is 0. The SMILES string of the molecule is CN(C)c1ccncc1CNCCC1CC1. The van der Waals surface area contributed by atoms with E-state index in [0.29, 0.717) is 0 Å². The zero-order chi connectivity index (χ0) is 11.4. The van der Waals surface area contributed by atoms with Gasteiger partial charge in [-0.15, -0.1) is 0 Å². The molecule has 1 aromatic rings. The molecule has 0 aromatic carbocycles. The van der Waals surface area contributed by atoms with E-state index in [1.54, 1.807) is 0 Å². The largest absolute Gasteiger partial charge is 0.377 e. The summed E-state index contributed by atoms with van der Waals surface area (Å²) in [6, 6.07) is 2.07. The Morgan fingerprint density at radius 2 is 2.25 bits per heavy atom. The maximum Gasteiger partial charge on any atom is 0.0437 e. The first-order valence-corrected chi connectivity index (χ1v) is 6.08. The molecule has 3 nitrogen and oxygen atoms in total. The van der Waals surface area contributed by atoms with Crippen LogP contribution in [0, 0.1) is 5.92 Å². The van der Waals surface area contributed by atoms with Crippen molar-refractivity contribution in [2.45, 2.75) is 25.8 Å². The third-order valence-electron chi connectivity index (χ3n) is 3.10. The third-order valence-corrected chi connectivity index (χ3v) is 3.10. The van der Waals surface area contributed by atoms with Gasteiger partial charge in [-0.25, -0.2) is 0 Å². The van der Waals surface area contributed by atoms with E-state index in [2.05, 4.69) is 35.4 Å². The smallest absolute Gasteiger partial charge is 0.0437 e. The quantitative estimate of drug-likeness (QED) is 0.742. The molecule has 0 unspecified atom stereocenters. The number of hydrogen-bond donors (Lipinski definition) is 1. The molecule has 1 saturated carbocycles. The third kappa shape index (κ3) is 3.20. The Bertz CT molecular complexity index is 332. The van der Waals surface area contributed by atoms with Gasteiger partial charge in [0.1, 0.15) is 0 Å². The molecule has 1 aliphatic carbocycles. The zero-order valence-electron chi connectivity index (χ0n) is 10.2. The molecule has 0 atom stereocenters. The molecule has 2 rings (SSSR count). The van der Waals surface area contributed by atoms with Gasteiger partial charge in [0.05, 0.1) is 0 Å². The van der Waals surface area contributed by atoms with Gasteiger partial charge in [-0.1, -0.05) is 12.8 Å². The Morgan fingerprint density at radius 1 is 1.44 bits per heavy atom. The fourth-order valence-electron chi connectivity index (χ4n) is 1.93. The van der Waals surface area contributed by atoms with Crippen molar-refractivity contribution in [1.82, 2.24) is 10.3 Å². The van der Waals surface area contributed by atoms with Crippen molar-refractivity contribution in [2.75, 3.05) is 25.5 Å². The highest BCUT2D eigenvalue weighted by Crippen LogP contribution is 2.31. The Kier molecular flexibility index (Phi) is 3.78. The van der Waals surface area contributed by atoms with Crippen molar-refractivity contribution in [3.63, 3.8) is 0 Å². The second-order valence-corrected chi connectivity index (χ2v) is 4.81. The number of rotatable bonds is 6. The van der Waals surface area contributed by atoms with Gasteiger partial charge in [0.15, 0.2) is 0 Å². The molecule has 1 N–H and O–H groups in total. The lowest BCUT2D eigenvalue weighted by molar-refractivity contribution is 0.612.